The Bertz CT molecular complexity index is 541. The first-order chi connectivity index (χ1) is 8.62. The van der Waals surface area contributed by atoms with Crippen molar-refractivity contribution in [3.63, 3.8) is 0 Å². The Morgan fingerprint density at radius 3 is 3.11 bits per heavy atom. The van der Waals surface area contributed by atoms with Gasteiger partial charge in [-0.05, 0) is 24.1 Å². The lowest BCUT2D eigenvalue weighted by atomic mass is 10.00. The first-order valence-electron chi connectivity index (χ1n) is 5.94. The van der Waals surface area contributed by atoms with Crippen molar-refractivity contribution in [1.82, 2.24) is 0 Å². The van der Waals surface area contributed by atoms with Crippen molar-refractivity contribution < 1.29 is 9.53 Å². The van der Waals surface area contributed by atoms with Crippen LogP contribution in [0.25, 0.3) is 0 Å². The first-order valence-corrected chi connectivity index (χ1v) is 5.94. The average Bonchev–Trinajstić information content (AvgIpc) is 3.04. The van der Waals surface area contributed by atoms with Crippen LogP contribution >= 0.6 is 0 Å². The largest absolute Gasteiger partial charge is 0.386 e. The maximum Gasteiger partial charge on any atom is 0.248 e. The van der Waals surface area contributed by atoms with Gasteiger partial charge in [0.2, 0.25) is 5.91 Å². The van der Waals surface area contributed by atoms with E-state index in [1.807, 2.05) is 18.2 Å². The number of primary amides is 1. The van der Waals surface area contributed by atoms with Gasteiger partial charge in [-0.2, -0.15) is 0 Å². The number of nitrogens with zero attached hydrogens (tertiary/aromatic N) is 1. The quantitative estimate of drug-likeness (QED) is 0.789. The Morgan fingerprint density at radius 2 is 2.33 bits per heavy atom. The fourth-order valence-electron chi connectivity index (χ4n) is 2.60. The van der Waals surface area contributed by atoms with Gasteiger partial charge in [-0.15, -0.1) is 0 Å². The topological polar surface area (TPSA) is 90.7 Å². The highest BCUT2D eigenvalue weighted by Crippen LogP contribution is 2.56. The molecule has 1 aromatic carbocycles. The second-order valence-electron chi connectivity index (χ2n) is 4.89. The van der Waals surface area contributed by atoms with Gasteiger partial charge < -0.3 is 16.2 Å². The zero-order valence-electron chi connectivity index (χ0n) is 9.93. The summed E-state index contributed by atoms with van der Waals surface area (Å²) in [4.78, 5) is 15.8. The van der Waals surface area contributed by atoms with Crippen LogP contribution in [0.1, 0.15) is 22.3 Å². The van der Waals surface area contributed by atoms with E-state index in [9.17, 15) is 4.79 Å². The Morgan fingerprint density at radius 1 is 1.50 bits per heavy atom. The van der Waals surface area contributed by atoms with E-state index in [1.165, 1.54) is 0 Å². The molecule has 4 N–H and O–H groups in total. The number of hydrogen-bond acceptors (Lipinski definition) is 4. The third-order valence-corrected chi connectivity index (χ3v) is 3.63. The van der Waals surface area contributed by atoms with Gasteiger partial charge in [0.05, 0.1) is 12.1 Å². The van der Waals surface area contributed by atoms with Crippen molar-refractivity contribution in [2.75, 3.05) is 13.2 Å². The molecule has 1 aliphatic carbocycles. The molecular weight excluding hydrogens is 230 g/mol. The highest BCUT2D eigenvalue weighted by molar-refractivity contribution is 5.93. The molecule has 0 radical (unpaired) electrons. The van der Waals surface area contributed by atoms with Crippen LogP contribution in [-0.2, 0) is 10.3 Å². The summed E-state index contributed by atoms with van der Waals surface area (Å²) in [6, 6.07) is 7.32. The summed E-state index contributed by atoms with van der Waals surface area (Å²) in [5.41, 5.74) is 12.3. The van der Waals surface area contributed by atoms with Gasteiger partial charge >= 0.3 is 0 Å². The zero-order valence-corrected chi connectivity index (χ0v) is 9.93. The number of carbonyl (C=O) groups is 1. The summed E-state index contributed by atoms with van der Waals surface area (Å²) in [5, 5.41) is 0. The predicted octanol–water partition coefficient (Wildman–Crippen LogP) is 0.388. The number of aliphatic imine (C=N–C) groups is 1. The van der Waals surface area contributed by atoms with E-state index in [0.29, 0.717) is 30.5 Å². The van der Waals surface area contributed by atoms with Crippen molar-refractivity contribution in [2.24, 2.45) is 22.4 Å². The van der Waals surface area contributed by atoms with Gasteiger partial charge in [-0.1, -0.05) is 12.1 Å². The lowest BCUT2D eigenvalue weighted by molar-refractivity contribution is 0.1000. The third kappa shape index (κ3) is 1.67. The zero-order chi connectivity index (χ0) is 12.8. The molecule has 1 amide bonds. The summed E-state index contributed by atoms with van der Waals surface area (Å²) < 4.78 is 5.44. The van der Waals surface area contributed by atoms with Gasteiger partial charge in [-0.25, -0.2) is 0 Å². The molecule has 0 spiro atoms. The molecule has 0 unspecified atom stereocenters. The number of hydrogen-bond donors (Lipinski definition) is 2. The Kier molecular flexibility index (Phi) is 2.38. The minimum atomic E-state index is -0.424. The highest BCUT2D eigenvalue weighted by Gasteiger charge is 2.56. The van der Waals surface area contributed by atoms with Crippen LogP contribution in [0.5, 0.6) is 0 Å². The number of benzene rings is 1. The van der Waals surface area contributed by atoms with Crippen molar-refractivity contribution in [3.05, 3.63) is 35.4 Å². The highest BCUT2D eigenvalue weighted by atomic mass is 16.5. The van der Waals surface area contributed by atoms with Crippen LogP contribution in [0.2, 0.25) is 0 Å². The standard InChI is InChI=1S/C13H15N3O2/c14-11-7-18-6-10-5-13(10,16-11)9-3-1-2-8(4-9)12(15)17/h1-4,10H,5-7H2,(H2,14,16)(H2,15,17)/t10-,13-/m1/s1. The number of nitrogens with two attached hydrogens (primary N) is 2. The molecule has 1 fully saturated rings. The number of rotatable bonds is 2. The predicted molar refractivity (Wildman–Crippen MR) is 67.2 cm³/mol. The van der Waals surface area contributed by atoms with Crippen LogP contribution in [0, 0.1) is 5.92 Å². The van der Waals surface area contributed by atoms with E-state index in [2.05, 4.69) is 4.99 Å². The summed E-state index contributed by atoms with van der Waals surface area (Å²) in [5.74, 6) is 0.438. The van der Waals surface area contributed by atoms with Gasteiger partial charge in [0.25, 0.3) is 0 Å². The minimum absolute atomic E-state index is 0.300. The third-order valence-electron chi connectivity index (χ3n) is 3.63. The molecule has 1 saturated carbocycles. The number of fused-ring (bicyclic) bond motifs is 1. The van der Waals surface area contributed by atoms with E-state index >= 15 is 0 Å². The molecule has 18 heavy (non-hydrogen) atoms. The second kappa shape index (κ2) is 3.81. The molecule has 5 nitrogen and oxygen atoms in total. The fraction of sp³-hybridized carbons (Fsp3) is 0.385. The summed E-state index contributed by atoms with van der Waals surface area (Å²) in [6.45, 7) is 1.04. The van der Waals surface area contributed by atoms with Crippen LogP contribution < -0.4 is 11.5 Å². The van der Waals surface area contributed by atoms with Crippen LogP contribution in [0.15, 0.2) is 29.3 Å². The lowest BCUT2D eigenvalue weighted by Gasteiger charge is -2.13. The summed E-state index contributed by atoms with van der Waals surface area (Å²) in [7, 11) is 0. The molecule has 2 atom stereocenters. The fourth-order valence-corrected chi connectivity index (χ4v) is 2.60. The van der Waals surface area contributed by atoms with Crippen molar-refractivity contribution in [2.45, 2.75) is 12.0 Å². The smallest absolute Gasteiger partial charge is 0.248 e. The lowest BCUT2D eigenvalue weighted by Crippen LogP contribution is -2.20. The van der Waals surface area contributed by atoms with Gasteiger partial charge in [0.1, 0.15) is 12.4 Å². The normalized spacial score (nSPS) is 30.0. The molecule has 1 heterocycles. The SMILES string of the molecule is NC(=O)c1cccc([C@]23C[C@@H]2COCC(N)=N3)c1. The van der Waals surface area contributed by atoms with Gasteiger partial charge in [-0.3, -0.25) is 9.79 Å². The Balaban J connectivity index is 2.02. The average molecular weight is 245 g/mol. The van der Waals surface area contributed by atoms with Crippen molar-refractivity contribution >= 4 is 11.7 Å². The molecule has 94 valence electrons. The molecular formula is C13H15N3O2. The summed E-state index contributed by atoms with van der Waals surface area (Å²) in [6.07, 6.45) is 0.913. The van der Waals surface area contributed by atoms with Crippen molar-refractivity contribution in [1.29, 1.82) is 0 Å². The molecule has 3 rings (SSSR count). The maximum absolute atomic E-state index is 11.2. The Hall–Kier alpha value is -1.88. The van der Waals surface area contributed by atoms with Crippen molar-refractivity contribution in [3.8, 4) is 0 Å². The molecule has 5 heteroatoms. The molecule has 1 aromatic rings. The molecule has 0 aromatic heterocycles. The van der Waals surface area contributed by atoms with E-state index in [4.69, 9.17) is 16.2 Å². The molecule has 0 bridgehead atoms. The van der Waals surface area contributed by atoms with Crippen LogP contribution in [0.4, 0.5) is 0 Å². The minimum Gasteiger partial charge on any atom is -0.386 e. The van der Waals surface area contributed by atoms with Gasteiger partial charge in [0.15, 0.2) is 0 Å². The number of carbonyl (C=O) groups excluding carboxylic acids is 1. The number of amidine groups is 1. The second-order valence-corrected chi connectivity index (χ2v) is 4.89. The first kappa shape index (κ1) is 11.2. The Labute approximate surface area is 105 Å². The van der Waals surface area contributed by atoms with Gasteiger partial charge in [0, 0.05) is 11.5 Å². The van der Waals surface area contributed by atoms with Crippen LogP contribution in [0.3, 0.4) is 0 Å². The maximum atomic E-state index is 11.2. The molecule has 1 aliphatic heterocycles. The number of ether oxygens (including phenoxy) is 1. The number of amides is 1. The van der Waals surface area contributed by atoms with E-state index in [0.717, 1.165) is 12.0 Å². The van der Waals surface area contributed by atoms with E-state index in [1.54, 1.807) is 6.07 Å². The monoisotopic (exact) mass is 245 g/mol. The molecule has 0 saturated heterocycles. The van der Waals surface area contributed by atoms with Crippen LogP contribution in [-0.4, -0.2) is 25.0 Å². The molecule has 2 aliphatic rings. The van der Waals surface area contributed by atoms with E-state index < -0.39 is 5.91 Å². The summed E-state index contributed by atoms with van der Waals surface area (Å²) >= 11 is 0. The van der Waals surface area contributed by atoms with E-state index in [-0.39, 0.29) is 5.54 Å².